The van der Waals surface area contributed by atoms with Crippen LogP contribution in [-0.4, -0.2) is 20.8 Å². The average Bonchev–Trinajstić information content (AvgIpc) is 2.89. The maximum atomic E-state index is 11.0. The molecule has 98 valence electrons. The summed E-state index contributed by atoms with van der Waals surface area (Å²) in [5.74, 6) is -0.705. The zero-order valence-corrected chi connectivity index (χ0v) is 9.79. The minimum absolute atomic E-state index is 0.0961. The number of benzene rings is 1. The van der Waals surface area contributed by atoms with Gasteiger partial charge in [0, 0.05) is 17.8 Å². The Morgan fingerprint density at radius 3 is 2.89 bits per heavy atom. The van der Waals surface area contributed by atoms with E-state index in [1.165, 1.54) is 18.5 Å². The summed E-state index contributed by atoms with van der Waals surface area (Å²) in [5.41, 5.74) is 6.08. The van der Waals surface area contributed by atoms with Gasteiger partial charge in [0.05, 0.1) is 23.5 Å². The van der Waals surface area contributed by atoms with E-state index in [2.05, 4.69) is 15.3 Å². The second-order valence-electron chi connectivity index (χ2n) is 3.78. The summed E-state index contributed by atoms with van der Waals surface area (Å²) in [6, 6.07) is 4.04. The largest absolute Gasteiger partial charge is 0.374 e. The Labute approximate surface area is 107 Å². The highest BCUT2D eigenvalue weighted by Gasteiger charge is 2.16. The van der Waals surface area contributed by atoms with Crippen molar-refractivity contribution in [3.05, 3.63) is 52.1 Å². The lowest BCUT2D eigenvalue weighted by molar-refractivity contribution is -0.384. The Morgan fingerprint density at radius 1 is 1.53 bits per heavy atom. The number of H-pyrrole nitrogens is 1. The maximum absolute atomic E-state index is 11.0. The number of rotatable bonds is 5. The number of hydrogen-bond donors (Lipinski definition) is 3. The molecule has 1 heterocycles. The Balaban J connectivity index is 2.24. The van der Waals surface area contributed by atoms with E-state index in [1.54, 1.807) is 6.20 Å². The smallest absolute Gasteiger partial charge is 0.293 e. The molecule has 0 aliphatic rings. The van der Waals surface area contributed by atoms with Gasteiger partial charge in [0.1, 0.15) is 5.69 Å². The lowest BCUT2D eigenvalue weighted by Gasteiger charge is -2.06. The molecule has 2 aromatic rings. The molecule has 0 atom stereocenters. The second kappa shape index (κ2) is 5.17. The Morgan fingerprint density at radius 2 is 2.32 bits per heavy atom. The number of imidazole rings is 1. The molecule has 1 amide bonds. The molecule has 0 fully saturated rings. The number of anilines is 1. The second-order valence-corrected chi connectivity index (χ2v) is 3.78. The predicted octanol–water partition coefficient (Wildman–Crippen LogP) is 1.03. The van der Waals surface area contributed by atoms with Crippen LogP contribution in [-0.2, 0) is 6.54 Å². The zero-order chi connectivity index (χ0) is 13.8. The van der Waals surface area contributed by atoms with Gasteiger partial charge in [-0.1, -0.05) is 0 Å². The zero-order valence-electron chi connectivity index (χ0n) is 9.79. The van der Waals surface area contributed by atoms with Crippen LogP contribution in [0.15, 0.2) is 30.7 Å². The van der Waals surface area contributed by atoms with Crippen molar-refractivity contribution in [2.24, 2.45) is 5.73 Å². The molecular formula is C11H11N5O3. The van der Waals surface area contributed by atoms with E-state index in [0.717, 1.165) is 11.8 Å². The maximum Gasteiger partial charge on any atom is 0.293 e. The third-order valence-corrected chi connectivity index (χ3v) is 2.50. The molecule has 0 aliphatic carbocycles. The number of carbonyl (C=O) groups excluding carboxylic acids is 1. The van der Waals surface area contributed by atoms with Crippen molar-refractivity contribution in [3.8, 4) is 0 Å². The van der Waals surface area contributed by atoms with Crippen molar-refractivity contribution < 1.29 is 9.72 Å². The fourth-order valence-corrected chi connectivity index (χ4v) is 1.56. The number of aromatic nitrogens is 2. The van der Waals surface area contributed by atoms with Crippen molar-refractivity contribution in [3.63, 3.8) is 0 Å². The van der Waals surface area contributed by atoms with Gasteiger partial charge in [0.25, 0.3) is 5.69 Å². The molecule has 8 nitrogen and oxygen atoms in total. The van der Waals surface area contributed by atoms with E-state index in [1.807, 2.05) is 0 Å². The van der Waals surface area contributed by atoms with Gasteiger partial charge in [-0.2, -0.15) is 0 Å². The SMILES string of the molecule is NC(=O)c1ccc(NCc2cnc[nH]2)c([N+](=O)[O-])c1. The minimum atomic E-state index is -0.705. The van der Waals surface area contributed by atoms with Crippen LogP contribution in [0.25, 0.3) is 0 Å². The fraction of sp³-hybridized carbons (Fsp3) is 0.0909. The predicted molar refractivity (Wildman–Crippen MR) is 67.5 cm³/mol. The van der Waals surface area contributed by atoms with Crippen molar-refractivity contribution >= 4 is 17.3 Å². The molecule has 0 spiro atoms. The summed E-state index contributed by atoms with van der Waals surface area (Å²) in [6.45, 7) is 0.358. The topological polar surface area (TPSA) is 127 Å². The monoisotopic (exact) mass is 261 g/mol. The normalized spacial score (nSPS) is 10.1. The van der Waals surface area contributed by atoms with Crippen LogP contribution in [0.2, 0.25) is 0 Å². The first kappa shape index (κ1) is 12.6. The number of nitro benzene ring substituents is 1. The average molecular weight is 261 g/mol. The third kappa shape index (κ3) is 2.86. The van der Waals surface area contributed by atoms with Crippen molar-refractivity contribution in [1.29, 1.82) is 0 Å². The number of nitro groups is 1. The van der Waals surface area contributed by atoms with Crippen molar-refractivity contribution in [1.82, 2.24) is 9.97 Å². The van der Waals surface area contributed by atoms with E-state index in [4.69, 9.17) is 5.73 Å². The van der Waals surface area contributed by atoms with Gasteiger partial charge in [0.2, 0.25) is 5.91 Å². The highest BCUT2D eigenvalue weighted by Crippen LogP contribution is 2.25. The lowest BCUT2D eigenvalue weighted by Crippen LogP contribution is -2.12. The number of primary amides is 1. The highest BCUT2D eigenvalue weighted by molar-refractivity contribution is 5.94. The van der Waals surface area contributed by atoms with Gasteiger partial charge in [-0.3, -0.25) is 14.9 Å². The summed E-state index contributed by atoms with van der Waals surface area (Å²) >= 11 is 0. The van der Waals surface area contributed by atoms with Crippen molar-refractivity contribution in [2.45, 2.75) is 6.54 Å². The van der Waals surface area contributed by atoms with E-state index in [-0.39, 0.29) is 11.3 Å². The standard InChI is InChI=1S/C11H11N5O3/c12-11(17)7-1-2-9(10(3-7)16(18)19)14-5-8-4-13-6-15-8/h1-4,6,14H,5H2,(H2,12,17)(H,13,15). The number of carbonyl (C=O) groups is 1. The fourth-order valence-electron chi connectivity index (χ4n) is 1.56. The lowest BCUT2D eigenvalue weighted by atomic mass is 10.1. The van der Waals surface area contributed by atoms with Crippen LogP contribution in [0.5, 0.6) is 0 Å². The Hall–Kier alpha value is -2.90. The first-order valence-corrected chi connectivity index (χ1v) is 5.37. The van der Waals surface area contributed by atoms with E-state index in [9.17, 15) is 14.9 Å². The van der Waals surface area contributed by atoms with Gasteiger partial charge >= 0.3 is 0 Å². The van der Waals surface area contributed by atoms with E-state index >= 15 is 0 Å². The van der Waals surface area contributed by atoms with Gasteiger partial charge in [-0.15, -0.1) is 0 Å². The van der Waals surface area contributed by atoms with Crippen LogP contribution >= 0.6 is 0 Å². The number of amides is 1. The molecule has 0 bridgehead atoms. The van der Waals surface area contributed by atoms with Crippen LogP contribution in [0.3, 0.4) is 0 Å². The molecular weight excluding hydrogens is 250 g/mol. The minimum Gasteiger partial charge on any atom is -0.374 e. The molecule has 0 saturated heterocycles. The molecule has 0 saturated carbocycles. The van der Waals surface area contributed by atoms with Gasteiger partial charge in [-0.05, 0) is 12.1 Å². The summed E-state index contributed by atoms with van der Waals surface area (Å²) in [7, 11) is 0. The van der Waals surface area contributed by atoms with Crippen molar-refractivity contribution in [2.75, 3.05) is 5.32 Å². The molecule has 1 aromatic heterocycles. The van der Waals surface area contributed by atoms with Crippen LogP contribution < -0.4 is 11.1 Å². The number of nitrogens with zero attached hydrogens (tertiary/aromatic N) is 2. The number of hydrogen-bond acceptors (Lipinski definition) is 5. The number of aromatic amines is 1. The van der Waals surface area contributed by atoms with Crippen LogP contribution in [0.4, 0.5) is 11.4 Å². The quantitative estimate of drug-likeness (QED) is 0.547. The molecule has 8 heteroatoms. The third-order valence-electron chi connectivity index (χ3n) is 2.50. The van der Waals surface area contributed by atoms with Crippen LogP contribution in [0.1, 0.15) is 16.1 Å². The first-order chi connectivity index (χ1) is 9.08. The first-order valence-electron chi connectivity index (χ1n) is 5.37. The molecule has 19 heavy (non-hydrogen) atoms. The molecule has 2 rings (SSSR count). The molecule has 0 radical (unpaired) electrons. The van der Waals surface area contributed by atoms with Gasteiger partial charge in [0.15, 0.2) is 0 Å². The van der Waals surface area contributed by atoms with Gasteiger partial charge in [-0.25, -0.2) is 4.98 Å². The number of nitrogens with two attached hydrogens (primary N) is 1. The summed E-state index contributed by atoms with van der Waals surface area (Å²) in [4.78, 5) is 28.1. The van der Waals surface area contributed by atoms with Crippen LogP contribution in [0, 0.1) is 10.1 Å². The summed E-state index contributed by atoms with van der Waals surface area (Å²) in [5, 5.41) is 13.8. The Kier molecular flexibility index (Phi) is 3.42. The summed E-state index contributed by atoms with van der Waals surface area (Å²) < 4.78 is 0. The van der Waals surface area contributed by atoms with E-state index < -0.39 is 10.8 Å². The Bertz CT molecular complexity index is 609. The van der Waals surface area contributed by atoms with E-state index in [0.29, 0.717) is 12.2 Å². The molecule has 1 aromatic carbocycles. The highest BCUT2D eigenvalue weighted by atomic mass is 16.6. The molecule has 0 aliphatic heterocycles. The van der Waals surface area contributed by atoms with Gasteiger partial charge < -0.3 is 16.0 Å². The molecule has 0 unspecified atom stereocenters. The molecule has 4 N–H and O–H groups in total. The number of nitrogens with one attached hydrogen (secondary N) is 2. The summed E-state index contributed by atoms with van der Waals surface area (Å²) in [6.07, 6.45) is 3.12.